The van der Waals surface area contributed by atoms with E-state index in [4.69, 9.17) is 0 Å². The lowest BCUT2D eigenvalue weighted by Gasteiger charge is -2.38. The lowest BCUT2D eigenvalue weighted by atomic mass is 10.1. The van der Waals surface area contributed by atoms with Crippen molar-refractivity contribution in [2.45, 2.75) is 19.5 Å². The first-order valence-corrected chi connectivity index (χ1v) is 9.04. The minimum Gasteiger partial charge on any atom is -0.351 e. The van der Waals surface area contributed by atoms with E-state index in [2.05, 4.69) is 52.4 Å². The molecule has 0 aromatic heterocycles. The lowest BCUT2D eigenvalue weighted by Crippen LogP contribution is -2.49. The zero-order valence-electron chi connectivity index (χ0n) is 14.9. The van der Waals surface area contributed by atoms with Crippen LogP contribution in [0.25, 0.3) is 0 Å². The van der Waals surface area contributed by atoms with E-state index in [0.29, 0.717) is 19.1 Å². The van der Waals surface area contributed by atoms with Gasteiger partial charge in [-0.2, -0.15) is 0 Å². The smallest absolute Gasteiger partial charge is 0.234 e. The molecule has 2 aromatic carbocycles. The number of carbonyl (C=O) groups excluding carboxylic acids is 1. The van der Waals surface area contributed by atoms with Gasteiger partial charge in [0.2, 0.25) is 5.91 Å². The van der Waals surface area contributed by atoms with E-state index in [1.165, 1.54) is 5.56 Å². The van der Waals surface area contributed by atoms with Crippen molar-refractivity contribution in [3.63, 3.8) is 0 Å². The standard InChI is InChI=1S/C21H27N3O/c1-18(20-10-6-3-7-11-20)24-14-12-23(13-15-24)17-21(25)22-16-19-8-4-2-5-9-19/h2-11,18H,12-17H2,1H3,(H,22,25). The molecular weight excluding hydrogens is 310 g/mol. The summed E-state index contributed by atoms with van der Waals surface area (Å²) in [6, 6.07) is 21.1. The van der Waals surface area contributed by atoms with Crippen LogP contribution in [0.5, 0.6) is 0 Å². The van der Waals surface area contributed by atoms with Crippen molar-refractivity contribution in [3.05, 3.63) is 71.8 Å². The van der Waals surface area contributed by atoms with Crippen molar-refractivity contribution >= 4 is 5.91 Å². The Hall–Kier alpha value is -2.17. The van der Waals surface area contributed by atoms with E-state index in [1.807, 2.05) is 30.3 Å². The van der Waals surface area contributed by atoms with Gasteiger partial charge in [0.15, 0.2) is 0 Å². The van der Waals surface area contributed by atoms with Crippen LogP contribution in [-0.2, 0) is 11.3 Å². The van der Waals surface area contributed by atoms with Gasteiger partial charge in [-0.25, -0.2) is 0 Å². The van der Waals surface area contributed by atoms with E-state index in [1.54, 1.807) is 0 Å². The average Bonchev–Trinajstić information content (AvgIpc) is 2.68. The van der Waals surface area contributed by atoms with Gasteiger partial charge in [-0.05, 0) is 18.1 Å². The highest BCUT2D eigenvalue weighted by molar-refractivity contribution is 5.78. The molecule has 132 valence electrons. The molecule has 1 aliphatic rings. The molecular formula is C21H27N3O. The molecule has 4 nitrogen and oxygen atoms in total. The summed E-state index contributed by atoms with van der Waals surface area (Å²) in [6.07, 6.45) is 0. The minimum absolute atomic E-state index is 0.105. The molecule has 0 radical (unpaired) electrons. The molecule has 0 aliphatic carbocycles. The number of carbonyl (C=O) groups is 1. The van der Waals surface area contributed by atoms with Crippen LogP contribution in [0, 0.1) is 0 Å². The molecule has 3 rings (SSSR count). The Morgan fingerprint density at radius 3 is 2.20 bits per heavy atom. The number of amides is 1. The lowest BCUT2D eigenvalue weighted by molar-refractivity contribution is -0.122. The van der Waals surface area contributed by atoms with Crippen molar-refractivity contribution in [3.8, 4) is 0 Å². The van der Waals surface area contributed by atoms with Crippen molar-refractivity contribution in [2.75, 3.05) is 32.7 Å². The summed E-state index contributed by atoms with van der Waals surface area (Å²) in [4.78, 5) is 16.9. The second-order valence-corrected chi connectivity index (χ2v) is 6.66. The molecule has 25 heavy (non-hydrogen) atoms. The maximum atomic E-state index is 12.2. The van der Waals surface area contributed by atoms with Gasteiger partial charge in [0.25, 0.3) is 0 Å². The predicted molar refractivity (Wildman–Crippen MR) is 101 cm³/mol. The van der Waals surface area contributed by atoms with Gasteiger partial charge in [0, 0.05) is 38.8 Å². The minimum atomic E-state index is 0.105. The summed E-state index contributed by atoms with van der Waals surface area (Å²) >= 11 is 0. The highest BCUT2D eigenvalue weighted by Gasteiger charge is 2.22. The third-order valence-electron chi connectivity index (χ3n) is 4.94. The predicted octanol–water partition coefficient (Wildman–Crippen LogP) is 2.68. The molecule has 1 saturated heterocycles. The Balaban J connectivity index is 1.41. The van der Waals surface area contributed by atoms with E-state index < -0.39 is 0 Å². The van der Waals surface area contributed by atoms with Crippen LogP contribution in [-0.4, -0.2) is 48.4 Å². The molecule has 1 amide bonds. The third kappa shape index (κ3) is 5.15. The number of piperazine rings is 1. The Kier molecular flexibility index (Phi) is 6.20. The second kappa shape index (κ2) is 8.79. The highest BCUT2D eigenvalue weighted by Crippen LogP contribution is 2.21. The van der Waals surface area contributed by atoms with Gasteiger partial charge in [0.1, 0.15) is 0 Å². The monoisotopic (exact) mass is 337 g/mol. The summed E-state index contributed by atoms with van der Waals surface area (Å²) < 4.78 is 0. The first kappa shape index (κ1) is 17.6. The summed E-state index contributed by atoms with van der Waals surface area (Å²) in [5, 5.41) is 3.01. The molecule has 1 aliphatic heterocycles. The molecule has 1 atom stereocenters. The number of hydrogen-bond donors (Lipinski definition) is 1. The van der Waals surface area contributed by atoms with Gasteiger partial charge in [-0.3, -0.25) is 14.6 Å². The van der Waals surface area contributed by atoms with Crippen LogP contribution >= 0.6 is 0 Å². The molecule has 1 heterocycles. The Bertz CT molecular complexity index is 651. The number of rotatable bonds is 6. The fraction of sp³-hybridized carbons (Fsp3) is 0.381. The van der Waals surface area contributed by atoms with Gasteiger partial charge in [-0.1, -0.05) is 60.7 Å². The summed E-state index contributed by atoms with van der Waals surface area (Å²) in [5.41, 5.74) is 2.49. The van der Waals surface area contributed by atoms with E-state index in [0.717, 1.165) is 31.7 Å². The largest absolute Gasteiger partial charge is 0.351 e. The fourth-order valence-corrected chi connectivity index (χ4v) is 3.31. The molecule has 1 unspecified atom stereocenters. The van der Waals surface area contributed by atoms with Crippen LogP contribution in [0.15, 0.2) is 60.7 Å². The molecule has 2 aromatic rings. The van der Waals surface area contributed by atoms with Crippen LogP contribution in [0.1, 0.15) is 24.1 Å². The van der Waals surface area contributed by atoms with Crippen LogP contribution in [0.3, 0.4) is 0 Å². The van der Waals surface area contributed by atoms with Crippen molar-refractivity contribution < 1.29 is 4.79 Å². The first-order chi connectivity index (χ1) is 12.2. The first-order valence-electron chi connectivity index (χ1n) is 9.04. The van der Waals surface area contributed by atoms with Gasteiger partial charge >= 0.3 is 0 Å². The Labute approximate surface area is 150 Å². The second-order valence-electron chi connectivity index (χ2n) is 6.66. The zero-order valence-corrected chi connectivity index (χ0v) is 14.9. The topological polar surface area (TPSA) is 35.6 Å². The summed E-state index contributed by atoms with van der Waals surface area (Å²) in [7, 11) is 0. The molecule has 1 N–H and O–H groups in total. The molecule has 0 bridgehead atoms. The maximum absolute atomic E-state index is 12.2. The average molecular weight is 337 g/mol. The summed E-state index contributed by atoms with van der Waals surface area (Å²) in [6.45, 7) is 7.23. The van der Waals surface area contributed by atoms with Crippen molar-refractivity contribution in [1.82, 2.24) is 15.1 Å². The summed E-state index contributed by atoms with van der Waals surface area (Å²) in [5.74, 6) is 0.105. The number of hydrogen-bond acceptors (Lipinski definition) is 3. The molecule has 1 fully saturated rings. The highest BCUT2D eigenvalue weighted by atomic mass is 16.2. The van der Waals surface area contributed by atoms with E-state index in [-0.39, 0.29) is 5.91 Å². The maximum Gasteiger partial charge on any atom is 0.234 e. The van der Waals surface area contributed by atoms with Gasteiger partial charge < -0.3 is 5.32 Å². The number of nitrogens with zero attached hydrogens (tertiary/aromatic N) is 2. The van der Waals surface area contributed by atoms with Crippen molar-refractivity contribution in [1.29, 1.82) is 0 Å². The van der Waals surface area contributed by atoms with Crippen LogP contribution in [0.4, 0.5) is 0 Å². The zero-order chi connectivity index (χ0) is 17.5. The van der Waals surface area contributed by atoms with E-state index in [9.17, 15) is 4.79 Å². The number of benzene rings is 2. The quantitative estimate of drug-likeness (QED) is 0.880. The van der Waals surface area contributed by atoms with Crippen molar-refractivity contribution in [2.24, 2.45) is 0 Å². The SMILES string of the molecule is CC(c1ccccc1)N1CCN(CC(=O)NCc2ccccc2)CC1. The number of nitrogens with one attached hydrogen (secondary N) is 1. The molecule has 0 saturated carbocycles. The van der Waals surface area contributed by atoms with Crippen LogP contribution < -0.4 is 5.32 Å². The Morgan fingerprint density at radius 2 is 1.56 bits per heavy atom. The molecule has 0 spiro atoms. The Morgan fingerprint density at radius 1 is 0.960 bits per heavy atom. The normalized spacial score (nSPS) is 17.2. The third-order valence-corrected chi connectivity index (χ3v) is 4.94. The van der Waals surface area contributed by atoms with Gasteiger partial charge in [0.05, 0.1) is 6.54 Å². The van der Waals surface area contributed by atoms with Gasteiger partial charge in [-0.15, -0.1) is 0 Å². The fourth-order valence-electron chi connectivity index (χ4n) is 3.31. The van der Waals surface area contributed by atoms with Crippen LogP contribution in [0.2, 0.25) is 0 Å². The van der Waals surface area contributed by atoms with E-state index >= 15 is 0 Å². The molecule has 4 heteroatoms.